The van der Waals surface area contributed by atoms with Crippen LogP contribution in [0, 0.1) is 6.92 Å². The van der Waals surface area contributed by atoms with Gasteiger partial charge in [0.2, 0.25) is 5.91 Å². The van der Waals surface area contributed by atoms with E-state index in [9.17, 15) is 9.59 Å². The molecule has 24 heavy (non-hydrogen) atoms. The molecule has 0 fully saturated rings. The van der Waals surface area contributed by atoms with Crippen LogP contribution in [0.3, 0.4) is 0 Å². The molecule has 126 valence electrons. The molecule has 5 heteroatoms. The number of aryl methyl sites for hydroxylation is 1. The molecule has 0 aromatic heterocycles. The number of nitrogens with one attached hydrogen (secondary N) is 1. The van der Waals surface area contributed by atoms with Crippen molar-refractivity contribution in [2.24, 2.45) is 0 Å². The molecule has 1 amide bonds. The second-order valence-electron chi connectivity index (χ2n) is 5.36. The van der Waals surface area contributed by atoms with Gasteiger partial charge in [-0.15, -0.1) is 0 Å². The fraction of sp³-hybridized carbons (Fsp3) is 0.263. The largest absolute Gasteiger partial charge is 0.490 e. The lowest BCUT2D eigenvalue weighted by Crippen LogP contribution is -2.19. The van der Waals surface area contributed by atoms with E-state index < -0.39 is 5.97 Å². The van der Waals surface area contributed by atoms with Crippen molar-refractivity contribution in [3.8, 4) is 5.75 Å². The summed E-state index contributed by atoms with van der Waals surface area (Å²) in [4.78, 5) is 22.8. The Morgan fingerprint density at radius 3 is 2.38 bits per heavy atom. The lowest BCUT2D eigenvalue weighted by atomic mass is 10.1. The van der Waals surface area contributed by atoms with Crippen LogP contribution in [0.15, 0.2) is 48.5 Å². The Morgan fingerprint density at radius 2 is 1.71 bits per heavy atom. The third-order valence-electron chi connectivity index (χ3n) is 3.40. The Kier molecular flexibility index (Phi) is 6.37. The molecule has 2 aromatic rings. The number of esters is 1. The first-order chi connectivity index (χ1) is 11.6. The van der Waals surface area contributed by atoms with Crippen molar-refractivity contribution in [3.63, 3.8) is 0 Å². The molecule has 0 radical (unpaired) electrons. The summed E-state index contributed by atoms with van der Waals surface area (Å²) in [5, 5.41) is 2.70. The predicted octanol–water partition coefficient (Wildman–Crippen LogP) is 2.87. The zero-order valence-corrected chi connectivity index (χ0v) is 13.9. The number of para-hydroxylation sites is 1. The van der Waals surface area contributed by atoms with Crippen LogP contribution < -0.4 is 10.1 Å². The van der Waals surface area contributed by atoms with Crippen molar-refractivity contribution in [1.29, 1.82) is 0 Å². The van der Waals surface area contributed by atoms with Crippen molar-refractivity contribution < 1.29 is 19.1 Å². The minimum atomic E-state index is -0.394. The van der Waals surface area contributed by atoms with E-state index in [1.807, 2.05) is 31.2 Å². The van der Waals surface area contributed by atoms with Gasteiger partial charge in [0.1, 0.15) is 19.0 Å². The fourth-order valence-electron chi connectivity index (χ4n) is 2.07. The SMILES string of the molecule is CC(=O)NCc1ccc(C(=O)OCCOc2ccccc2C)cc1. The molecule has 0 spiro atoms. The van der Waals surface area contributed by atoms with Gasteiger partial charge in [0.25, 0.3) is 0 Å². The van der Waals surface area contributed by atoms with Crippen LogP contribution in [0.4, 0.5) is 0 Å². The Hall–Kier alpha value is -2.82. The maximum atomic E-state index is 12.0. The summed E-state index contributed by atoms with van der Waals surface area (Å²) < 4.78 is 10.8. The van der Waals surface area contributed by atoms with Gasteiger partial charge in [0.15, 0.2) is 0 Å². The van der Waals surface area contributed by atoms with Crippen molar-refractivity contribution in [2.45, 2.75) is 20.4 Å². The average molecular weight is 327 g/mol. The van der Waals surface area contributed by atoms with Gasteiger partial charge in [-0.3, -0.25) is 4.79 Å². The maximum Gasteiger partial charge on any atom is 0.338 e. The minimum absolute atomic E-state index is 0.0906. The standard InChI is InChI=1S/C19H21NO4/c1-14-5-3-4-6-18(14)23-11-12-24-19(22)17-9-7-16(8-10-17)13-20-15(2)21/h3-10H,11-13H2,1-2H3,(H,20,21). The van der Waals surface area contributed by atoms with Gasteiger partial charge in [-0.2, -0.15) is 0 Å². The number of ether oxygens (including phenoxy) is 2. The van der Waals surface area contributed by atoms with E-state index in [1.54, 1.807) is 24.3 Å². The number of amides is 1. The Labute approximate surface area is 141 Å². The zero-order chi connectivity index (χ0) is 17.4. The summed E-state index contributed by atoms with van der Waals surface area (Å²) in [6.45, 7) is 4.35. The molecule has 0 bridgehead atoms. The van der Waals surface area contributed by atoms with E-state index >= 15 is 0 Å². The van der Waals surface area contributed by atoms with E-state index in [1.165, 1.54) is 6.92 Å². The van der Waals surface area contributed by atoms with Crippen LogP contribution in [-0.2, 0) is 16.1 Å². The Balaban J connectivity index is 1.76. The first kappa shape index (κ1) is 17.5. The third kappa shape index (κ3) is 5.43. The average Bonchev–Trinajstić information content (AvgIpc) is 2.58. The van der Waals surface area contributed by atoms with Gasteiger partial charge in [-0.25, -0.2) is 4.79 Å². The number of benzene rings is 2. The van der Waals surface area contributed by atoms with Gasteiger partial charge in [0.05, 0.1) is 5.56 Å². The highest BCUT2D eigenvalue weighted by Crippen LogP contribution is 2.15. The highest BCUT2D eigenvalue weighted by molar-refractivity contribution is 5.89. The second-order valence-corrected chi connectivity index (χ2v) is 5.36. The first-order valence-corrected chi connectivity index (χ1v) is 7.75. The number of hydrogen-bond acceptors (Lipinski definition) is 4. The number of carbonyl (C=O) groups excluding carboxylic acids is 2. The minimum Gasteiger partial charge on any atom is -0.490 e. The van der Waals surface area contributed by atoms with Gasteiger partial charge in [0, 0.05) is 13.5 Å². The molecule has 0 aliphatic heterocycles. The van der Waals surface area contributed by atoms with Crippen LogP contribution in [0.25, 0.3) is 0 Å². The molecule has 2 rings (SSSR count). The summed E-state index contributed by atoms with van der Waals surface area (Å²) in [6, 6.07) is 14.6. The molecule has 5 nitrogen and oxygen atoms in total. The van der Waals surface area contributed by atoms with Gasteiger partial charge >= 0.3 is 5.97 Å². The monoisotopic (exact) mass is 327 g/mol. The van der Waals surface area contributed by atoms with E-state index in [2.05, 4.69) is 5.32 Å². The smallest absolute Gasteiger partial charge is 0.338 e. The molecule has 0 atom stereocenters. The number of hydrogen-bond donors (Lipinski definition) is 1. The number of carbonyl (C=O) groups is 2. The van der Waals surface area contributed by atoms with Crippen molar-refractivity contribution in [2.75, 3.05) is 13.2 Å². The van der Waals surface area contributed by atoms with Crippen LogP contribution >= 0.6 is 0 Å². The van der Waals surface area contributed by atoms with Crippen LogP contribution in [0.1, 0.15) is 28.4 Å². The molecule has 0 aliphatic rings. The topological polar surface area (TPSA) is 64.6 Å². The summed E-state index contributed by atoms with van der Waals surface area (Å²) in [5.74, 6) is 0.303. The summed E-state index contributed by atoms with van der Waals surface area (Å²) in [5.41, 5.74) is 2.43. The normalized spacial score (nSPS) is 10.1. The quantitative estimate of drug-likeness (QED) is 0.627. The molecule has 1 N–H and O–H groups in total. The maximum absolute atomic E-state index is 12.0. The highest BCUT2D eigenvalue weighted by Gasteiger charge is 2.07. The van der Waals surface area contributed by atoms with Crippen molar-refractivity contribution in [3.05, 3.63) is 65.2 Å². The fourth-order valence-corrected chi connectivity index (χ4v) is 2.07. The molecule has 0 aliphatic carbocycles. The third-order valence-corrected chi connectivity index (χ3v) is 3.40. The van der Waals surface area contributed by atoms with Crippen LogP contribution in [-0.4, -0.2) is 25.1 Å². The molecular formula is C19H21NO4. The first-order valence-electron chi connectivity index (χ1n) is 7.75. The van der Waals surface area contributed by atoms with E-state index in [-0.39, 0.29) is 12.5 Å². The number of rotatable bonds is 7. The molecule has 0 unspecified atom stereocenters. The van der Waals surface area contributed by atoms with Crippen LogP contribution in [0.5, 0.6) is 5.75 Å². The molecule has 0 heterocycles. The zero-order valence-electron chi connectivity index (χ0n) is 13.9. The van der Waals surface area contributed by atoms with Crippen molar-refractivity contribution >= 4 is 11.9 Å². The van der Waals surface area contributed by atoms with Gasteiger partial charge < -0.3 is 14.8 Å². The Bertz CT molecular complexity index is 695. The van der Waals surface area contributed by atoms with E-state index in [0.717, 1.165) is 16.9 Å². The van der Waals surface area contributed by atoms with Crippen molar-refractivity contribution in [1.82, 2.24) is 5.32 Å². The lowest BCUT2D eigenvalue weighted by Gasteiger charge is -2.09. The summed E-state index contributed by atoms with van der Waals surface area (Å²) >= 11 is 0. The van der Waals surface area contributed by atoms with Crippen LogP contribution in [0.2, 0.25) is 0 Å². The summed E-state index contributed by atoms with van der Waals surface area (Å²) in [7, 11) is 0. The molecule has 0 saturated heterocycles. The van der Waals surface area contributed by atoms with Gasteiger partial charge in [-0.05, 0) is 36.2 Å². The van der Waals surface area contributed by atoms with E-state index in [4.69, 9.17) is 9.47 Å². The molecule has 0 saturated carbocycles. The summed E-state index contributed by atoms with van der Waals surface area (Å²) in [6.07, 6.45) is 0. The van der Waals surface area contributed by atoms with E-state index in [0.29, 0.717) is 18.7 Å². The second kappa shape index (κ2) is 8.72. The Morgan fingerprint density at radius 1 is 1.00 bits per heavy atom. The lowest BCUT2D eigenvalue weighted by molar-refractivity contribution is -0.119. The predicted molar refractivity (Wildman–Crippen MR) is 90.9 cm³/mol. The van der Waals surface area contributed by atoms with Gasteiger partial charge in [-0.1, -0.05) is 30.3 Å². The molecule has 2 aromatic carbocycles. The highest BCUT2D eigenvalue weighted by atomic mass is 16.6. The molecular weight excluding hydrogens is 306 g/mol.